The quantitative estimate of drug-likeness (QED) is 0.213. The fourth-order valence-corrected chi connectivity index (χ4v) is 5.79. The molecule has 0 saturated carbocycles. The van der Waals surface area contributed by atoms with E-state index in [9.17, 15) is 9.59 Å². The predicted octanol–water partition coefficient (Wildman–Crippen LogP) is 7.19. The highest BCUT2D eigenvalue weighted by molar-refractivity contribution is 8.00. The van der Waals surface area contributed by atoms with Crippen LogP contribution < -0.4 is 10.6 Å². The molecule has 6 nitrogen and oxygen atoms in total. The van der Waals surface area contributed by atoms with Gasteiger partial charge < -0.3 is 15.1 Å². The van der Waals surface area contributed by atoms with Crippen LogP contribution in [0.2, 0.25) is 0 Å². The smallest absolute Gasteiger partial charge is 0.291 e. The topological polar surface area (TPSA) is 84.2 Å². The lowest BCUT2D eigenvalue weighted by atomic mass is 10.1. The first-order valence-corrected chi connectivity index (χ1v) is 13.3. The Kier molecular flexibility index (Phi) is 7.08. The number of furan rings is 1. The van der Waals surface area contributed by atoms with Gasteiger partial charge in [-0.15, -0.1) is 34.4 Å². The first kappa shape index (κ1) is 23.1. The number of thiazole rings is 1. The standard InChI is InChI=1S/C26H19N3O3S3/c30-24(21-8-4-14-32-21)27-18-10-12-19(13-11-18)35-23(17-6-2-1-3-7-17)25(31)29-26-28-20(16-34-26)22-9-5-15-33-22/h1-16,23H,(H,27,30)(H,28,29,31). The van der Waals surface area contributed by atoms with E-state index in [-0.39, 0.29) is 17.6 Å². The average molecular weight is 518 g/mol. The maximum atomic E-state index is 13.3. The minimum Gasteiger partial charge on any atom is -0.459 e. The van der Waals surface area contributed by atoms with Gasteiger partial charge in [-0.25, -0.2) is 4.98 Å². The van der Waals surface area contributed by atoms with E-state index in [2.05, 4.69) is 15.6 Å². The van der Waals surface area contributed by atoms with Crippen molar-refractivity contribution in [1.29, 1.82) is 0 Å². The van der Waals surface area contributed by atoms with Crippen molar-refractivity contribution in [2.75, 3.05) is 10.6 Å². The molecule has 0 fully saturated rings. The fraction of sp³-hybridized carbons (Fsp3) is 0.0385. The second-order valence-corrected chi connectivity index (χ2v) is 10.4. The SMILES string of the molecule is O=C(Nc1ccc(SC(C(=O)Nc2nc(-c3cccs3)cs2)c2ccccc2)cc1)c1ccco1. The normalized spacial score (nSPS) is 11.7. The summed E-state index contributed by atoms with van der Waals surface area (Å²) in [4.78, 5) is 32.1. The van der Waals surface area contributed by atoms with Crippen molar-refractivity contribution in [3.8, 4) is 10.6 Å². The van der Waals surface area contributed by atoms with E-state index in [1.54, 1.807) is 35.6 Å². The number of rotatable bonds is 8. The third-order valence-electron chi connectivity index (χ3n) is 4.96. The van der Waals surface area contributed by atoms with E-state index < -0.39 is 5.25 Å². The van der Waals surface area contributed by atoms with Crippen LogP contribution in [0.4, 0.5) is 10.8 Å². The van der Waals surface area contributed by atoms with Crippen LogP contribution >= 0.6 is 34.4 Å². The van der Waals surface area contributed by atoms with Crippen LogP contribution in [0.5, 0.6) is 0 Å². The highest BCUT2D eigenvalue weighted by atomic mass is 32.2. The third-order valence-corrected chi connectivity index (χ3v) is 7.88. The van der Waals surface area contributed by atoms with E-state index in [1.807, 2.05) is 65.4 Å². The van der Waals surface area contributed by atoms with Crippen LogP contribution in [0.15, 0.2) is 105 Å². The van der Waals surface area contributed by atoms with Crippen molar-refractivity contribution < 1.29 is 14.0 Å². The summed E-state index contributed by atoms with van der Waals surface area (Å²) in [5.74, 6) is -0.223. The van der Waals surface area contributed by atoms with Gasteiger partial charge in [0.25, 0.3) is 5.91 Å². The highest BCUT2D eigenvalue weighted by Gasteiger charge is 2.23. The summed E-state index contributed by atoms with van der Waals surface area (Å²) >= 11 is 4.46. The summed E-state index contributed by atoms with van der Waals surface area (Å²) in [5, 5.41) is 9.82. The van der Waals surface area contributed by atoms with Crippen molar-refractivity contribution in [2.45, 2.75) is 10.1 Å². The molecule has 0 bridgehead atoms. The lowest BCUT2D eigenvalue weighted by Crippen LogP contribution is -2.19. The molecule has 174 valence electrons. The van der Waals surface area contributed by atoms with E-state index in [1.165, 1.54) is 29.4 Å². The number of amides is 2. The van der Waals surface area contributed by atoms with Crippen molar-refractivity contribution >= 4 is 57.1 Å². The van der Waals surface area contributed by atoms with Crippen molar-refractivity contribution in [1.82, 2.24) is 4.98 Å². The van der Waals surface area contributed by atoms with Crippen LogP contribution in [-0.2, 0) is 4.79 Å². The number of thioether (sulfide) groups is 1. The van der Waals surface area contributed by atoms with Gasteiger partial charge in [0.05, 0.1) is 16.8 Å². The summed E-state index contributed by atoms with van der Waals surface area (Å²) in [6.45, 7) is 0. The number of thiophene rings is 1. The second kappa shape index (κ2) is 10.7. The zero-order valence-corrected chi connectivity index (χ0v) is 20.7. The van der Waals surface area contributed by atoms with E-state index in [4.69, 9.17) is 4.42 Å². The number of hydrogen-bond donors (Lipinski definition) is 2. The van der Waals surface area contributed by atoms with Gasteiger partial charge in [-0.3, -0.25) is 9.59 Å². The summed E-state index contributed by atoms with van der Waals surface area (Å²) in [6, 6.07) is 24.3. The largest absolute Gasteiger partial charge is 0.459 e. The first-order chi connectivity index (χ1) is 17.2. The monoisotopic (exact) mass is 517 g/mol. The number of benzene rings is 2. The Morgan fingerprint density at radius 3 is 2.43 bits per heavy atom. The maximum absolute atomic E-state index is 13.3. The molecule has 0 aliphatic carbocycles. The lowest BCUT2D eigenvalue weighted by Gasteiger charge is -2.16. The molecule has 1 unspecified atom stereocenters. The number of anilines is 2. The molecule has 9 heteroatoms. The molecule has 5 aromatic rings. The third kappa shape index (κ3) is 5.71. The molecule has 5 rings (SSSR count). The summed E-state index contributed by atoms with van der Waals surface area (Å²) in [7, 11) is 0. The maximum Gasteiger partial charge on any atom is 0.291 e. The Morgan fingerprint density at radius 2 is 1.71 bits per heavy atom. The average Bonchev–Trinajstić information content (AvgIpc) is 3.67. The molecular formula is C26H19N3O3S3. The number of carbonyl (C=O) groups is 2. The number of nitrogens with zero attached hydrogens (tertiary/aromatic N) is 1. The Labute approximate surface area is 214 Å². The minimum atomic E-state index is -0.478. The van der Waals surface area contributed by atoms with Gasteiger partial charge in [0.2, 0.25) is 5.91 Å². The van der Waals surface area contributed by atoms with Crippen LogP contribution in [0.25, 0.3) is 10.6 Å². The van der Waals surface area contributed by atoms with Gasteiger partial charge in [0.15, 0.2) is 10.9 Å². The summed E-state index contributed by atoms with van der Waals surface area (Å²) in [5.41, 5.74) is 2.39. The van der Waals surface area contributed by atoms with E-state index in [0.29, 0.717) is 10.8 Å². The van der Waals surface area contributed by atoms with Gasteiger partial charge in [-0.2, -0.15) is 0 Å². The Morgan fingerprint density at radius 1 is 0.886 bits per heavy atom. The molecule has 0 radical (unpaired) electrons. The zero-order chi connectivity index (χ0) is 24.0. The zero-order valence-electron chi connectivity index (χ0n) is 18.2. The first-order valence-electron chi connectivity index (χ1n) is 10.6. The molecule has 2 amide bonds. The van der Waals surface area contributed by atoms with Gasteiger partial charge in [-0.1, -0.05) is 36.4 Å². The molecular weight excluding hydrogens is 499 g/mol. The molecule has 0 spiro atoms. The highest BCUT2D eigenvalue weighted by Crippen LogP contribution is 2.37. The molecule has 0 aliphatic heterocycles. The molecule has 3 aromatic heterocycles. The molecule has 1 atom stereocenters. The van der Waals surface area contributed by atoms with E-state index >= 15 is 0 Å². The summed E-state index contributed by atoms with van der Waals surface area (Å²) in [6.07, 6.45) is 1.46. The Balaban J connectivity index is 1.30. The molecule has 35 heavy (non-hydrogen) atoms. The van der Waals surface area contributed by atoms with Crippen LogP contribution in [0.1, 0.15) is 21.4 Å². The van der Waals surface area contributed by atoms with Gasteiger partial charge in [-0.05, 0) is 53.4 Å². The molecule has 0 aliphatic rings. The molecule has 3 heterocycles. The van der Waals surface area contributed by atoms with Gasteiger partial charge in [0, 0.05) is 16.0 Å². The van der Waals surface area contributed by atoms with Gasteiger partial charge in [0.1, 0.15) is 5.25 Å². The van der Waals surface area contributed by atoms with Crippen molar-refractivity contribution in [3.63, 3.8) is 0 Å². The molecule has 0 saturated heterocycles. The van der Waals surface area contributed by atoms with Crippen LogP contribution in [0.3, 0.4) is 0 Å². The predicted molar refractivity (Wildman–Crippen MR) is 142 cm³/mol. The second-order valence-electron chi connectivity index (χ2n) is 7.37. The number of hydrogen-bond acceptors (Lipinski definition) is 7. The number of nitrogens with one attached hydrogen (secondary N) is 2. The summed E-state index contributed by atoms with van der Waals surface area (Å²) < 4.78 is 5.13. The van der Waals surface area contributed by atoms with Crippen molar-refractivity contribution in [2.24, 2.45) is 0 Å². The number of carbonyl (C=O) groups excluding carboxylic acids is 2. The molecule has 2 aromatic carbocycles. The Bertz CT molecular complexity index is 1400. The fourth-order valence-electron chi connectivity index (χ4n) is 3.29. The lowest BCUT2D eigenvalue weighted by molar-refractivity contribution is -0.115. The number of aromatic nitrogens is 1. The molecule has 2 N–H and O–H groups in total. The van der Waals surface area contributed by atoms with Crippen LogP contribution in [0, 0.1) is 0 Å². The minimum absolute atomic E-state index is 0.150. The van der Waals surface area contributed by atoms with Crippen molar-refractivity contribution in [3.05, 3.63) is 107 Å². The van der Waals surface area contributed by atoms with E-state index in [0.717, 1.165) is 21.0 Å². The van der Waals surface area contributed by atoms with Crippen LogP contribution in [-0.4, -0.2) is 16.8 Å². The van der Waals surface area contributed by atoms with Gasteiger partial charge >= 0.3 is 0 Å². The Hall–Kier alpha value is -3.66.